The maximum atomic E-state index is 12.4. The second-order valence-corrected chi connectivity index (χ2v) is 6.69. The molecule has 2 aromatic rings. The van der Waals surface area contributed by atoms with Gasteiger partial charge in [0.05, 0.1) is 0 Å². The van der Waals surface area contributed by atoms with Crippen molar-refractivity contribution in [2.24, 2.45) is 0 Å². The van der Waals surface area contributed by atoms with Gasteiger partial charge < -0.3 is 15.5 Å². The highest BCUT2D eigenvalue weighted by molar-refractivity contribution is 6.05. The number of nitrogens with one attached hydrogen (secondary N) is 2. The lowest BCUT2D eigenvalue weighted by Gasteiger charge is -2.11. The van der Waals surface area contributed by atoms with E-state index in [-0.39, 0.29) is 11.8 Å². The normalized spacial score (nSPS) is 10.7. The third kappa shape index (κ3) is 5.43. The molecule has 0 aliphatic rings. The largest absolute Gasteiger partial charge is 0.352 e. The Labute approximate surface area is 155 Å². The number of hydrogen-bond donors (Lipinski definition) is 2. The van der Waals surface area contributed by atoms with Crippen LogP contribution in [-0.4, -0.2) is 43.9 Å². The van der Waals surface area contributed by atoms with E-state index in [1.54, 1.807) is 24.3 Å². The topological polar surface area (TPSA) is 61.4 Å². The van der Waals surface area contributed by atoms with Crippen LogP contribution in [0.15, 0.2) is 42.5 Å². The van der Waals surface area contributed by atoms with Gasteiger partial charge in [-0.05, 0) is 82.4 Å². The fourth-order valence-electron chi connectivity index (χ4n) is 2.55. The molecule has 0 saturated heterocycles. The first-order chi connectivity index (χ1) is 12.4. The highest BCUT2D eigenvalue weighted by Gasteiger charge is 2.10. The fraction of sp³-hybridized carbons (Fsp3) is 0.333. The number of aryl methyl sites for hydroxylation is 1. The van der Waals surface area contributed by atoms with Crippen molar-refractivity contribution in [2.45, 2.75) is 20.3 Å². The minimum atomic E-state index is -0.184. The molecule has 0 aromatic heterocycles. The quantitative estimate of drug-likeness (QED) is 0.751. The molecule has 5 nitrogen and oxygen atoms in total. The van der Waals surface area contributed by atoms with Gasteiger partial charge in [-0.2, -0.15) is 0 Å². The summed E-state index contributed by atoms with van der Waals surface area (Å²) in [4.78, 5) is 26.6. The van der Waals surface area contributed by atoms with Crippen LogP contribution < -0.4 is 10.6 Å². The number of carbonyl (C=O) groups is 2. The van der Waals surface area contributed by atoms with Gasteiger partial charge in [0.2, 0.25) is 0 Å². The van der Waals surface area contributed by atoms with Crippen molar-refractivity contribution in [3.8, 4) is 0 Å². The highest BCUT2D eigenvalue weighted by atomic mass is 16.2. The summed E-state index contributed by atoms with van der Waals surface area (Å²) in [6, 6.07) is 12.5. The first kappa shape index (κ1) is 19.7. The number of benzene rings is 2. The molecule has 0 saturated carbocycles. The zero-order valence-electron chi connectivity index (χ0n) is 15.9. The monoisotopic (exact) mass is 353 g/mol. The number of anilines is 1. The molecule has 0 aliphatic heterocycles. The number of amides is 2. The Morgan fingerprint density at radius 1 is 0.923 bits per heavy atom. The summed E-state index contributed by atoms with van der Waals surface area (Å²) >= 11 is 0. The van der Waals surface area contributed by atoms with Crippen LogP contribution in [0.25, 0.3) is 0 Å². The van der Waals surface area contributed by atoms with E-state index < -0.39 is 0 Å². The van der Waals surface area contributed by atoms with Crippen LogP contribution in [0.3, 0.4) is 0 Å². The molecular formula is C21H27N3O2. The molecule has 0 radical (unpaired) electrons. The molecule has 5 heteroatoms. The fourth-order valence-corrected chi connectivity index (χ4v) is 2.55. The second kappa shape index (κ2) is 9.15. The Kier molecular flexibility index (Phi) is 6.92. The van der Waals surface area contributed by atoms with Gasteiger partial charge in [-0.15, -0.1) is 0 Å². The van der Waals surface area contributed by atoms with E-state index in [4.69, 9.17) is 0 Å². The summed E-state index contributed by atoms with van der Waals surface area (Å²) in [5.74, 6) is -0.304. The van der Waals surface area contributed by atoms with Crippen molar-refractivity contribution in [1.82, 2.24) is 10.2 Å². The summed E-state index contributed by atoms with van der Waals surface area (Å²) in [5, 5.41) is 5.81. The standard InChI is InChI=1S/C21H27N3O2/c1-15-7-5-8-19(16(15)2)23-21(26)18-11-9-17(10-12-18)20(25)22-13-6-14-24(3)4/h5,7-12H,6,13-14H2,1-4H3,(H,22,25)(H,23,26). The van der Waals surface area contributed by atoms with E-state index in [0.717, 1.165) is 29.8 Å². The van der Waals surface area contributed by atoms with Crippen LogP contribution in [0, 0.1) is 13.8 Å². The van der Waals surface area contributed by atoms with Gasteiger partial charge in [0, 0.05) is 23.4 Å². The Bertz CT molecular complexity index is 767. The predicted molar refractivity (Wildman–Crippen MR) is 106 cm³/mol. The van der Waals surface area contributed by atoms with Gasteiger partial charge in [-0.3, -0.25) is 9.59 Å². The van der Waals surface area contributed by atoms with Crippen molar-refractivity contribution in [3.63, 3.8) is 0 Å². The minimum absolute atomic E-state index is 0.120. The van der Waals surface area contributed by atoms with E-state index >= 15 is 0 Å². The smallest absolute Gasteiger partial charge is 0.255 e. The third-order valence-corrected chi connectivity index (χ3v) is 4.33. The number of hydrogen-bond acceptors (Lipinski definition) is 3. The Morgan fingerprint density at radius 2 is 1.54 bits per heavy atom. The van der Waals surface area contributed by atoms with Crippen molar-refractivity contribution in [2.75, 3.05) is 32.5 Å². The molecule has 0 spiro atoms. The number of rotatable bonds is 7. The lowest BCUT2D eigenvalue weighted by atomic mass is 10.1. The summed E-state index contributed by atoms with van der Waals surface area (Å²) in [6.45, 7) is 5.55. The van der Waals surface area contributed by atoms with Gasteiger partial charge in [-0.1, -0.05) is 12.1 Å². The SMILES string of the molecule is Cc1cccc(NC(=O)c2ccc(C(=O)NCCCN(C)C)cc2)c1C. The Hall–Kier alpha value is -2.66. The molecule has 138 valence electrons. The molecular weight excluding hydrogens is 326 g/mol. The lowest BCUT2D eigenvalue weighted by Crippen LogP contribution is -2.27. The molecule has 2 rings (SSSR count). The van der Waals surface area contributed by atoms with Crippen molar-refractivity contribution < 1.29 is 9.59 Å². The average molecular weight is 353 g/mol. The van der Waals surface area contributed by atoms with Crippen LogP contribution in [0.1, 0.15) is 38.3 Å². The van der Waals surface area contributed by atoms with Crippen LogP contribution in [0.2, 0.25) is 0 Å². The lowest BCUT2D eigenvalue weighted by molar-refractivity contribution is 0.0950. The van der Waals surface area contributed by atoms with E-state index in [9.17, 15) is 9.59 Å². The van der Waals surface area contributed by atoms with E-state index in [0.29, 0.717) is 17.7 Å². The van der Waals surface area contributed by atoms with Gasteiger partial charge in [0.15, 0.2) is 0 Å². The molecule has 0 fully saturated rings. The zero-order valence-corrected chi connectivity index (χ0v) is 15.9. The summed E-state index contributed by atoms with van der Waals surface area (Å²) < 4.78 is 0. The molecule has 2 aromatic carbocycles. The first-order valence-electron chi connectivity index (χ1n) is 8.79. The van der Waals surface area contributed by atoms with E-state index in [1.807, 2.05) is 46.1 Å². The molecule has 26 heavy (non-hydrogen) atoms. The summed E-state index contributed by atoms with van der Waals surface area (Å²) in [5.41, 5.74) is 4.06. The molecule has 0 heterocycles. The van der Waals surface area contributed by atoms with E-state index in [1.165, 1.54) is 0 Å². The molecule has 0 aliphatic carbocycles. The molecule has 0 unspecified atom stereocenters. The molecule has 2 amide bonds. The maximum Gasteiger partial charge on any atom is 0.255 e. The van der Waals surface area contributed by atoms with Crippen LogP contribution in [0.4, 0.5) is 5.69 Å². The number of carbonyl (C=O) groups excluding carboxylic acids is 2. The highest BCUT2D eigenvalue weighted by Crippen LogP contribution is 2.19. The zero-order chi connectivity index (χ0) is 19.1. The summed E-state index contributed by atoms with van der Waals surface area (Å²) in [7, 11) is 4.01. The van der Waals surface area contributed by atoms with Crippen LogP contribution in [-0.2, 0) is 0 Å². The summed E-state index contributed by atoms with van der Waals surface area (Å²) in [6.07, 6.45) is 0.898. The van der Waals surface area contributed by atoms with Crippen LogP contribution >= 0.6 is 0 Å². The maximum absolute atomic E-state index is 12.4. The molecule has 0 atom stereocenters. The van der Waals surface area contributed by atoms with Gasteiger partial charge >= 0.3 is 0 Å². The first-order valence-corrected chi connectivity index (χ1v) is 8.79. The van der Waals surface area contributed by atoms with Gasteiger partial charge in [-0.25, -0.2) is 0 Å². The Balaban J connectivity index is 1.94. The molecule has 2 N–H and O–H groups in total. The predicted octanol–water partition coefficient (Wildman–Crippen LogP) is 3.24. The van der Waals surface area contributed by atoms with Crippen molar-refractivity contribution in [1.29, 1.82) is 0 Å². The minimum Gasteiger partial charge on any atom is -0.352 e. The molecule has 0 bridgehead atoms. The second-order valence-electron chi connectivity index (χ2n) is 6.69. The van der Waals surface area contributed by atoms with E-state index in [2.05, 4.69) is 15.5 Å². The van der Waals surface area contributed by atoms with Crippen molar-refractivity contribution in [3.05, 3.63) is 64.7 Å². The van der Waals surface area contributed by atoms with Gasteiger partial charge in [0.25, 0.3) is 11.8 Å². The van der Waals surface area contributed by atoms with Crippen molar-refractivity contribution >= 4 is 17.5 Å². The van der Waals surface area contributed by atoms with Crippen LogP contribution in [0.5, 0.6) is 0 Å². The Morgan fingerprint density at radius 3 is 2.15 bits per heavy atom. The third-order valence-electron chi connectivity index (χ3n) is 4.33. The average Bonchev–Trinajstić information content (AvgIpc) is 2.62. The van der Waals surface area contributed by atoms with Gasteiger partial charge in [0.1, 0.15) is 0 Å². The number of nitrogens with zero attached hydrogens (tertiary/aromatic N) is 1.